The number of hydrogen-bond donors (Lipinski definition) is 0. The van der Waals surface area contributed by atoms with Crippen molar-refractivity contribution >= 4 is 9.53 Å². The Morgan fingerprint density at radius 1 is 0.500 bits per heavy atom. The fraction of sp³-hybridized carbons (Fsp3) is 1.00. The average Bonchev–Trinajstić information content (AvgIpc) is 2.70. The Hall–Kier alpha value is 0.0969. The topological polar surface area (TPSA) is 27.7 Å². The van der Waals surface area contributed by atoms with Gasteiger partial charge in [-0.1, -0.05) is 97.8 Å². The largest absolute Gasteiger partial charge is 0.484 e. The fourth-order valence-electron chi connectivity index (χ4n) is 4.03. The van der Waals surface area contributed by atoms with E-state index in [4.69, 9.17) is 13.3 Å². The molecule has 170 valence electrons. The molecule has 0 aromatic rings. The Balaban J connectivity index is 4.97. The van der Waals surface area contributed by atoms with Crippen LogP contribution in [0.3, 0.4) is 0 Å². The van der Waals surface area contributed by atoms with Crippen molar-refractivity contribution in [2.45, 2.75) is 131 Å². The molecule has 0 spiro atoms. The second-order valence-electron chi connectivity index (χ2n) is 8.44. The zero-order chi connectivity index (χ0) is 20.9. The third kappa shape index (κ3) is 15.0. The highest BCUT2D eigenvalue weighted by atomic mass is 28.3. The lowest BCUT2D eigenvalue weighted by atomic mass is 9.74. The lowest BCUT2D eigenvalue weighted by Crippen LogP contribution is -2.35. The molecule has 0 aliphatic heterocycles. The maximum Gasteiger partial charge on any atom is 0.484 e. The summed E-state index contributed by atoms with van der Waals surface area (Å²) in [7, 11) is -1.98. The van der Waals surface area contributed by atoms with E-state index in [1.54, 1.807) is 0 Å². The van der Waals surface area contributed by atoms with Crippen molar-refractivity contribution in [2.75, 3.05) is 19.8 Å². The van der Waals surface area contributed by atoms with Gasteiger partial charge in [-0.25, -0.2) is 0 Å². The second kappa shape index (κ2) is 20.4. The first-order valence-corrected chi connectivity index (χ1v) is 13.9. The lowest BCUT2D eigenvalue weighted by molar-refractivity contribution is 0.0380. The van der Waals surface area contributed by atoms with Gasteiger partial charge in [-0.15, -0.1) is 0 Å². The molecular formula is C24H52O3Si. The van der Waals surface area contributed by atoms with E-state index >= 15 is 0 Å². The quantitative estimate of drug-likeness (QED) is 0.134. The van der Waals surface area contributed by atoms with Gasteiger partial charge in [0, 0.05) is 19.8 Å². The fourth-order valence-corrected chi connectivity index (χ4v) is 5.36. The van der Waals surface area contributed by atoms with Crippen molar-refractivity contribution < 1.29 is 13.3 Å². The molecule has 0 atom stereocenters. The third-order valence-corrected chi connectivity index (χ3v) is 7.46. The summed E-state index contributed by atoms with van der Waals surface area (Å²) in [4.78, 5) is 0. The highest BCUT2D eigenvalue weighted by molar-refractivity contribution is 6.36. The Kier molecular flexibility index (Phi) is 20.4. The number of hydrogen-bond acceptors (Lipinski definition) is 3. The predicted molar refractivity (Wildman–Crippen MR) is 125 cm³/mol. The van der Waals surface area contributed by atoms with Gasteiger partial charge in [-0.3, -0.25) is 0 Å². The molecule has 0 aromatic carbocycles. The van der Waals surface area contributed by atoms with Crippen LogP contribution in [0, 0.1) is 5.41 Å². The van der Waals surface area contributed by atoms with E-state index in [1.165, 1.54) is 96.3 Å². The molecule has 0 unspecified atom stereocenters. The molecule has 0 amide bonds. The van der Waals surface area contributed by atoms with Crippen molar-refractivity contribution in [3.8, 4) is 0 Å². The van der Waals surface area contributed by atoms with Crippen LogP contribution >= 0.6 is 0 Å². The molecule has 0 radical (unpaired) electrons. The summed E-state index contributed by atoms with van der Waals surface area (Å²) in [5.74, 6) is 0. The summed E-state index contributed by atoms with van der Waals surface area (Å²) >= 11 is 0. The Morgan fingerprint density at radius 3 is 1.21 bits per heavy atom. The summed E-state index contributed by atoms with van der Waals surface area (Å²) in [5, 5.41) is 0. The summed E-state index contributed by atoms with van der Waals surface area (Å²) in [6.45, 7) is 13.2. The summed E-state index contributed by atoms with van der Waals surface area (Å²) in [6, 6.07) is 0. The maximum absolute atomic E-state index is 6.35. The van der Waals surface area contributed by atoms with Gasteiger partial charge < -0.3 is 13.3 Å². The van der Waals surface area contributed by atoms with E-state index in [0.717, 1.165) is 6.61 Å². The van der Waals surface area contributed by atoms with E-state index in [1.807, 2.05) is 13.8 Å². The first-order valence-electron chi connectivity index (χ1n) is 12.5. The predicted octanol–water partition coefficient (Wildman–Crippen LogP) is 7.69. The monoisotopic (exact) mass is 416 g/mol. The minimum atomic E-state index is -1.98. The van der Waals surface area contributed by atoms with E-state index in [-0.39, 0.29) is 0 Å². The minimum absolute atomic E-state index is 0.328. The van der Waals surface area contributed by atoms with E-state index < -0.39 is 9.53 Å². The lowest BCUT2D eigenvalue weighted by Gasteiger charge is -2.35. The number of rotatable bonds is 22. The molecule has 0 heterocycles. The van der Waals surface area contributed by atoms with Crippen LogP contribution in [0.15, 0.2) is 0 Å². The van der Waals surface area contributed by atoms with Crippen molar-refractivity contribution in [3.05, 3.63) is 0 Å². The zero-order valence-electron chi connectivity index (χ0n) is 20.0. The van der Waals surface area contributed by atoms with Crippen molar-refractivity contribution in [1.82, 2.24) is 0 Å². The first kappa shape index (κ1) is 28.1. The van der Waals surface area contributed by atoms with Gasteiger partial charge in [0.05, 0.1) is 0 Å². The Morgan fingerprint density at radius 2 is 0.893 bits per heavy atom. The van der Waals surface area contributed by atoms with Crippen LogP contribution in [0.2, 0.25) is 0 Å². The van der Waals surface area contributed by atoms with Gasteiger partial charge in [-0.2, -0.15) is 0 Å². The first-order chi connectivity index (χ1) is 13.7. The summed E-state index contributed by atoms with van der Waals surface area (Å²) in [6.07, 6.45) is 20.0. The molecule has 4 heteroatoms. The summed E-state index contributed by atoms with van der Waals surface area (Å²) in [5.41, 5.74) is 0.328. The van der Waals surface area contributed by atoms with Crippen LogP contribution in [-0.4, -0.2) is 29.3 Å². The van der Waals surface area contributed by atoms with Crippen LogP contribution in [0.25, 0.3) is 0 Å². The van der Waals surface area contributed by atoms with Crippen LogP contribution in [0.1, 0.15) is 131 Å². The zero-order valence-corrected chi connectivity index (χ0v) is 21.2. The molecule has 28 heavy (non-hydrogen) atoms. The van der Waals surface area contributed by atoms with Crippen LogP contribution in [0.4, 0.5) is 0 Å². The second-order valence-corrected chi connectivity index (χ2v) is 10.0. The molecule has 0 bridgehead atoms. The van der Waals surface area contributed by atoms with Gasteiger partial charge in [0.25, 0.3) is 0 Å². The molecule has 0 aromatic heterocycles. The van der Waals surface area contributed by atoms with Crippen LogP contribution in [0.5, 0.6) is 0 Å². The normalized spacial score (nSPS) is 12.2. The third-order valence-electron chi connectivity index (χ3n) is 5.81. The molecule has 0 aliphatic carbocycles. The minimum Gasteiger partial charge on any atom is -0.376 e. The van der Waals surface area contributed by atoms with E-state index in [9.17, 15) is 0 Å². The van der Waals surface area contributed by atoms with Gasteiger partial charge in [0.2, 0.25) is 0 Å². The molecule has 0 aliphatic rings. The van der Waals surface area contributed by atoms with E-state index in [2.05, 4.69) is 20.8 Å². The van der Waals surface area contributed by atoms with Gasteiger partial charge in [0.15, 0.2) is 0 Å². The molecule has 0 fully saturated rings. The molecule has 0 N–H and O–H groups in total. The van der Waals surface area contributed by atoms with Crippen molar-refractivity contribution in [3.63, 3.8) is 0 Å². The smallest absolute Gasteiger partial charge is 0.376 e. The molecule has 0 saturated carbocycles. The van der Waals surface area contributed by atoms with E-state index in [0.29, 0.717) is 18.6 Å². The maximum atomic E-state index is 6.35. The number of unbranched alkanes of at least 4 members (excludes halogenated alkanes) is 9. The standard InChI is InChI=1S/C24H52O3Si/c1-6-11-14-17-20-24(21-18-15-12-7-2,22-19-16-13-8-3)23-27-28(25-9-4)26-10-5/h28H,6-23H2,1-5H3. The Bertz CT molecular complexity index is 275. The summed E-state index contributed by atoms with van der Waals surface area (Å²) < 4.78 is 18.0. The molecular weight excluding hydrogens is 364 g/mol. The van der Waals surface area contributed by atoms with Crippen molar-refractivity contribution in [1.29, 1.82) is 0 Å². The highest BCUT2D eigenvalue weighted by Gasteiger charge is 2.31. The molecule has 3 nitrogen and oxygen atoms in total. The van der Waals surface area contributed by atoms with Gasteiger partial charge in [-0.05, 0) is 38.5 Å². The SMILES string of the molecule is CCCCCCC(CCCCCC)(CCCCCC)CO[SiH](OCC)OCC. The molecule has 0 rings (SSSR count). The van der Waals surface area contributed by atoms with Crippen LogP contribution in [-0.2, 0) is 13.3 Å². The average molecular weight is 417 g/mol. The van der Waals surface area contributed by atoms with Crippen molar-refractivity contribution in [2.24, 2.45) is 5.41 Å². The molecule has 0 saturated heterocycles. The van der Waals surface area contributed by atoms with Gasteiger partial charge in [0.1, 0.15) is 0 Å². The Labute approximate surface area is 179 Å². The van der Waals surface area contributed by atoms with Crippen LogP contribution < -0.4 is 0 Å². The van der Waals surface area contributed by atoms with Gasteiger partial charge >= 0.3 is 9.53 Å². The highest BCUT2D eigenvalue weighted by Crippen LogP contribution is 2.38.